The summed E-state index contributed by atoms with van der Waals surface area (Å²) in [5, 5.41) is 2.92. The molecule has 0 aliphatic carbocycles. The molecule has 0 spiro atoms. The fourth-order valence-electron chi connectivity index (χ4n) is 4.53. The number of nitrogens with one attached hydrogen (secondary N) is 1. The number of ether oxygens (including phenoxy) is 2. The summed E-state index contributed by atoms with van der Waals surface area (Å²) >= 11 is 0. The maximum absolute atomic E-state index is 13.2. The molecule has 0 atom stereocenters. The van der Waals surface area contributed by atoms with Crippen molar-refractivity contribution in [1.29, 1.82) is 0 Å². The molecule has 2 aromatic rings. The lowest BCUT2D eigenvalue weighted by atomic mass is 10.0. The van der Waals surface area contributed by atoms with Crippen molar-refractivity contribution in [3.8, 4) is 5.75 Å². The van der Waals surface area contributed by atoms with E-state index in [0.717, 1.165) is 51.3 Å². The molecule has 0 aromatic heterocycles. The molecular formula is C26H35N3O5S. The van der Waals surface area contributed by atoms with Crippen LogP contribution in [0.15, 0.2) is 47.4 Å². The highest BCUT2D eigenvalue weighted by molar-refractivity contribution is 7.89. The van der Waals surface area contributed by atoms with Crippen LogP contribution < -0.4 is 10.1 Å². The molecule has 9 heteroatoms. The van der Waals surface area contributed by atoms with E-state index in [0.29, 0.717) is 31.3 Å². The molecule has 8 nitrogen and oxygen atoms in total. The topological polar surface area (TPSA) is 88.2 Å². The molecule has 35 heavy (non-hydrogen) atoms. The molecule has 0 unspecified atom stereocenters. The lowest BCUT2D eigenvalue weighted by molar-refractivity contribution is 0.0342. The van der Waals surface area contributed by atoms with Crippen LogP contribution in [0.4, 0.5) is 0 Å². The lowest BCUT2D eigenvalue weighted by Gasteiger charge is -2.29. The third kappa shape index (κ3) is 6.41. The summed E-state index contributed by atoms with van der Waals surface area (Å²) in [6.45, 7) is 7.64. The molecule has 4 rings (SSSR count). The Kier molecular flexibility index (Phi) is 8.43. The molecule has 2 saturated heterocycles. The predicted molar refractivity (Wildman–Crippen MR) is 134 cm³/mol. The van der Waals surface area contributed by atoms with Gasteiger partial charge in [-0.1, -0.05) is 31.2 Å². The third-order valence-electron chi connectivity index (χ3n) is 6.75. The Balaban J connectivity index is 1.45. The molecule has 2 aliphatic heterocycles. The van der Waals surface area contributed by atoms with Crippen molar-refractivity contribution >= 4 is 15.9 Å². The summed E-state index contributed by atoms with van der Waals surface area (Å²) in [6.07, 6.45) is 1.68. The van der Waals surface area contributed by atoms with E-state index in [1.807, 2.05) is 12.1 Å². The second-order valence-corrected chi connectivity index (χ2v) is 11.3. The highest BCUT2D eigenvalue weighted by atomic mass is 32.2. The van der Waals surface area contributed by atoms with Crippen molar-refractivity contribution in [2.75, 3.05) is 46.5 Å². The molecule has 2 heterocycles. The molecule has 1 N–H and O–H groups in total. The average Bonchev–Trinajstić information content (AvgIpc) is 2.88. The van der Waals surface area contributed by atoms with Gasteiger partial charge in [0, 0.05) is 39.3 Å². The first-order valence-electron chi connectivity index (χ1n) is 12.2. The van der Waals surface area contributed by atoms with Gasteiger partial charge in [-0.05, 0) is 48.1 Å². The number of carbonyl (C=O) groups excluding carboxylic acids is 1. The number of carbonyl (C=O) groups is 1. The number of hydrogen-bond acceptors (Lipinski definition) is 6. The third-order valence-corrected chi connectivity index (χ3v) is 8.64. The van der Waals surface area contributed by atoms with Crippen LogP contribution in [0.25, 0.3) is 0 Å². The first-order chi connectivity index (χ1) is 16.9. The number of methoxy groups -OCH3 is 1. The summed E-state index contributed by atoms with van der Waals surface area (Å²) < 4.78 is 38.7. The fraction of sp³-hybridized carbons (Fsp3) is 0.500. The Morgan fingerprint density at radius 2 is 1.77 bits per heavy atom. The van der Waals surface area contributed by atoms with Crippen LogP contribution in [0.5, 0.6) is 5.75 Å². The van der Waals surface area contributed by atoms with E-state index >= 15 is 0 Å². The van der Waals surface area contributed by atoms with E-state index in [-0.39, 0.29) is 16.4 Å². The Hall–Kier alpha value is -2.46. The van der Waals surface area contributed by atoms with Crippen LogP contribution in [0.1, 0.15) is 41.3 Å². The highest BCUT2D eigenvalue weighted by Gasteiger charge is 2.29. The van der Waals surface area contributed by atoms with Crippen molar-refractivity contribution in [3.05, 3.63) is 59.2 Å². The van der Waals surface area contributed by atoms with Gasteiger partial charge < -0.3 is 14.8 Å². The Bertz CT molecular complexity index is 1120. The second kappa shape index (κ2) is 11.5. The van der Waals surface area contributed by atoms with Gasteiger partial charge in [0.1, 0.15) is 5.75 Å². The maximum atomic E-state index is 13.2. The summed E-state index contributed by atoms with van der Waals surface area (Å²) in [6, 6.07) is 12.6. The van der Waals surface area contributed by atoms with E-state index in [1.54, 1.807) is 6.07 Å². The molecule has 0 radical (unpaired) electrons. The van der Waals surface area contributed by atoms with Crippen molar-refractivity contribution in [1.82, 2.24) is 14.5 Å². The minimum atomic E-state index is -3.67. The Morgan fingerprint density at radius 3 is 2.49 bits per heavy atom. The number of rotatable bonds is 8. The Labute approximate surface area is 208 Å². The van der Waals surface area contributed by atoms with E-state index < -0.39 is 10.0 Å². The first kappa shape index (κ1) is 25.6. The predicted octanol–water partition coefficient (Wildman–Crippen LogP) is 2.88. The van der Waals surface area contributed by atoms with Crippen molar-refractivity contribution in [2.24, 2.45) is 5.92 Å². The highest BCUT2D eigenvalue weighted by Crippen LogP contribution is 2.27. The van der Waals surface area contributed by atoms with Crippen LogP contribution in [0.2, 0.25) is 0 Å². The monoisotopic (exact) mass is 501 g/mol. The SMILES string of the molecule is COc1ccc(S(=O)(=O)N2CCC(C)CC2)cc1C(=O)NCc1cccc(CN2CCOCC2)c1. The van der Waals surface area contributed by atoms with Crippen molar-refractivity contribution in [3.63, 3.8) is 0 Å². The summed E-state index contributed by atoms with van der Waals surface area (Å²) in [4.78, 5) is 15.5. The molecule has 190 valence electrons. The smallest absolute Gasteiger partial charge is 0.255 e. The van der Waals surface area contributed by atoms with Crippen LogP contribution in [-0.2, 0) is 27.8 Å². The lowest BCUT2D eigenvalue weighted by Crippen LogP contribution is -2.38. The van der Waals surface area contributed by atoms with Crippen molar-refractivity contribution < 1.29 is 22.7 Å². The van der Waals surface area contributed by atoms with E-state index in [1.165, 1.54) is 29.1 Å². The van der Waals surface area contributed by atoms with Crippen LogP contribution >= 0.6 is 0 Å². The van der Waals surface area contributed by atoms with Gasteiger partial charge >= 0.3 is 0 Å². The van der Waals surface area contributed by atoms with Crippen LogP contribution in [-0.4, -0.2) is 70.0 Å². The van der Waals surface area contributed by atoms with Crippen LogP contribution in [0, 0.1) is 5.92 Å². The number of benzene rings is 2. The molecule has 0 saturated carbocycles. The molecule has 1 amide bonds. The number of sulfonamides is 1. The maximum Gasteiger partial charge on any atom is 0.255 e. The fourth-order valence-corrected chi connectivity index (χ4v) is 6.03. The summed E-state index contributed by atoms with van der Waals surface area (Å²) in [5.74, 6) is 0.491. The molecule has 0 bridgehead atoms. The van der Waals surface area contributed by atoms with E-state index in [9.17, 15) is 13.2 Å². The van der Waals surface area contributed by atoms with Gasteiger partial charge in [-0.25, -0.2) is 8.42 Å². The second-order valence-electron chi connectivity index (χ2n) is 9.34. The zero-order valence-corrected chi connectivity index (χ0v) is 21.4. The number of amides is 1. The summed E-state index contributed by atoms with van der Waals surface area (Å²) in [5.41, 5.74) is 2.37. The number of morpholine rings is 1. The normalized spacial score (nSPS) is 18.3. The average molecular weight is 502 g/mol. The molecule has 2 fully saturated rings. The minimum absolute atomic E-state index is 0.116. The zero-order chi connectivity index (χ0) is 24.8. The number of nitrogens with zero attached hydrogens (tertiary/aromatic N) is 2. The molecule has 2 aliphatic rings. The Morgan fingerprint density at radius 1 is 1.06 bits per heavy atom. The van der Waals surface area contributed by atoms with Gasteiger partial charge in [-0.3, -0.25) is 9.69 Å². The van der Waals surface area contributed by atoms with Crippen LogP contribution in [0.3, 0.4) is 0 Å². The van der Waals surface area contributed by atoms with Gasteiger partial charge in [0.15, 0.2) is 0 Å². The zero-order valence-electron chi connectivity index (χ0n) is 20.5. The minimum Gasteiger partial charge on any atom is -0.496 e. The standard InChI is InChI=1S/C26H35N3O5S/c1-20-8-10-29(11-9-20)35(31,32)23-6-7-25(33-2)24(17-23)26(30)27-18-21-4-3-5-22(16-21)19-28-12-14-34-15-13-28/h3-7,16-17,20H,8-15,18-19H2,1-2H3,(H,27,30). The first-order valence-corrected chi connectivity index (χ1v) is 13.6. The van der Waals surface area contributed by atoms with Gasteiger partial charge in [-0.2, -0.15) is 4.31 Å². The number of hydrogen-bond donors (Lipinski definition) is 1. The van der Waals surface area contributed by atoms with E-state index in [4.69, 9.17) is 9.47 Å². The van der Waals surface area contributed by atoms with Gasteiger partial charge in [0.2, 0.25) is 10.0 Å². The van der Waals surface area contributed by atoms with Gasteiger partial charge in [-0.15, -0.1) is 0 Å². The molecular weight excluding hydrogens is 466 g/mol. The molecule has 2 aromatic carbocycles. The van der Waals surface area contributed by atoms with E-state index in [2.05, 4.69) is 29.3 Å². The van der Waals surface area contributed by atoms with Gasteiger partial charge in [0.05, 0.1) is 30.8 Å². The van der Waals surface area contributed by atoms with Gasteiger partial charge in [0.25, 0.3) is 5.91 Å². The number of piperidine rings is 1. The largest absolute Gasteiger partial charge is 0.496 e. The van der Waals surface area contributed by atoms with Crippen molar-refractivity contribution in [2.45, 2.75) is 37.8 Å². The quantitative estimate of drug-likeness (QED) is 0.599. The summed E-state index contributed by atoms with van der Waals surface area (Å²) in [7, 11) is -2.20.